The second kappa shape index (κ2) is 10.1. The van der Waals surface area contributed by atoms with Crippen molar-refractivity contribution < 1.29 is 22.7 Å². The van der Waals surface area contributed by atoms with Crippen molar-refractivity contribution in [3.63, 3.8) is 0 Å². The van der Waals surface area contributed by atoms with Crippen LogP contribution in [-0.2, 0) is 19.6 Å². The molecule has 0 aliphatic carbocycles. The normalized spacial score (nSPS) is 15.4. The summed E-state index contributed by atoms with van der Waals surface area (Å²) in [6.07, 6.45) is 3.05. The van der Waals surface area contributed by atoms with Crippen molar-refractivity contribution in [3.05, 3.63) is 60.4 Å². The maximum Gasteiger partial charge on any atom is 0.338 e. The number of benzene rings is 2. The molecule has 1 fully saturated rings. The summed E-state index contributed by atoms with van der Waals surface area (Å²) in [5.74, 6) is -1.22. The lowest BCUT2D eigenvalue weighted by molar-refractivity contribution is -0.123. The Hall–Kier alpha value is -3.64. The van der Waals surface area contributed by atoms with Crippen molar-refractivity contribution in [1.82, 2.24) is 24.5 Å². The fourth-order valence-electron chi connectivity index (χ4n) is 3.55. The van der Waals surface area contributed by atoms with Crippen LogP contribution in [0.25, 0.3) is 5.69 Å². The topological polar surface area (TPSA) is 136 Å². The van der Waals surface area contributed by atoms with Crippen molar-refractivity contribution >= 4 is 27.6 Å². The number of carbonyl (C=O) groups is 2. The van der Waals surface area contributed by atoms with Gasteiger partial charge in [-0.15, -0.1) is 5.10 Å². The lowest BCUT2D eigenvalue weighted by Gasteiger charge is -2.25. The van der Waals surface area contributed by atoms with Gasteiger partial charge in [-0.3, -0.25) is 4.79 Å². The van der Waals surface area contributed by atoms with Gasteiger partial charge in [0, 0.05) is 18.8 Å². The Balaban J connectivity index is 1.36. The average Bonchev–Trinajstić information content (AvgIpc) is 3.40. The number of hydrogen-bond donors (Lipinski definition) is 1. The number of sulfonamides is 1. The predicted octanol–water partition coefficient (Wildman–Crippen LogP) is 2.02. The molecule has 3 aromatic rings. The summed E-state index contributed by atoms with van der Waals surface area (Å²) < 4.78 is 33.7. The Morgan fingerprint density at radius 3 is 2.47 bits per heavy atom. The highest BCUT2D eigenvalue weighted by molar-refractivity contribution is 7.89. The van der Waals surface area contributed by atoms with Crippen LogP contribution < -0.4 is 5.32 Å². The first kappa shape index (κ1) is 23.5. The van der Waals surface area contributed by atoms with Crippen LogP contribution in [0.5, 0.6) is 0 Å². The molecule has 1 aliphatic heterocycles. The Kier molecular flexibility index (Phi) is 6.98. The van der Waals surface area contributed by atoms with E-state index in [2.05, 4.69) is 20.8 Å². The number of ether oxygens (including phenoxy) is 1. The molecule has 4 rings (SSSR count). The second-order valence-corrected chi connectivity index (χ2v) is 9.77. The summed E-state index contributed by atoms with van der Waals surface area (Å²) in [7, 11) is -3.55. The van der Waals surface area contributed by atoms with E-state index in [0.29, 0.717) is 24.5 Å². The lowest BCUT2D eigenvalue weighted by Crippen LogP contribution is -2.35. The van der Waals surface area contributed by atoms with Crippen molar-refractivity contribution in [3.8, 4) is 5.69 Å². The summed E-state index contributed by atoms with van der Waals surface area (Å²) in [6.45, 7) is 2.48. The summed E-state index contributed by atoms with van der Waals surface area (Å²) in [6, 6.07) is 12.4. The number of carbonyl (C=O) groups excluding carboxylic acids is 2. The second-order valence-electron chi connectivity index (χ2n) is 7.83. The molecule has 2 heterocycles. The van der Waals surface area contributed by atoms with E-state index in [0.717, 1.165) is 19.3 Å². The quantitative estimate of drug-likeness (QED) is 0.503. The van der Waals surface area contributed by atoms with Gasteiger partial charge in [0.15, 0.2) is 6.10 Å². The fourth-order valence-corrected chi connectivity index (χ4v) is 5.06. The van der Waals surface area contributed by atoms with Crippen molar-refractivity contribution in [1.29, 1.82) is 0 Å². The first-order valence-corrected chi connectivity index (χ1v) is 12.2. The van der Waals surface area contributed by atoms with Crippen molar-refractivity contribution in [2.24, 2.45) is 0 Å². The number of rotatable bonds is 7. The fraction of sp³-hybridized carbons (Fsp3) is 0.318. The third-order valence-electron chi connectivity index (χ3n) is 5.42. The molecule has 1 amide bonds. The van der Waals surface area contributed by atoms with Gasteiger partial charge in [-0.05, 0) is 72.7 Å². The molecule has 178 valence electrons. The monoisotopic (exact) mass is 484 g/mol. The van der Waals surface area contributed by atoms with Crippen LogP contribution in [0.4, 0.5) is 5.69 Å². The van der Waals surface area contributed by atoms with Crippen LogP contribution in [0.3, 0.4) is 0 Å². The van der Waals surface area contributed by atoms with E-state index >= 15 is 0 Å². The van der Waals surface area contributed by atoms with Gasteiger partial charge in [0.25, 0.3) is 5.91 Å². The summed E-state index contributed by atoms with van der Waals surface area (Å²) in [5.41, 5.74) is 1.20. The summed E-state index contributed by atoms with van der Waals surface area (Å²) in [4.78, 5) is 25.2. The minimum atomic E-state index is -3.55. The predicted molar refractivity (Wildman–Crippen MR) is 122 cm³/mol. The van der Waals surface area contributed by atoms with Gasteiger partial charge < -0.3 is 10.1 Å². The maximum absolute atomic E-state index is 12.8. The minimum absolute atomic E-state index is 0.175. The number of tetrazole rings is 1. The molecule has 34 heavy (non-hydrogen) atoms. The minimum Gasteiger partial charge on any atom is -0.449 e. The molecule has 1 aliphatic rings. The van der Waals surface area contributed by atoms with Gasteiger partial charge in [-0.2, -0.15) is 4.31 Å². The smallest absolute Gasteiger partial charge is 0.338 e. The molecular weight excluding hydrogens is 460 g/mol. The van der Waals surface area contributed by atoms with E-state index in [1.54, 1.807) is 24.3 Å². The van der Waals surface area contributed by atoms with Gasteiger partial charge in [0.1, 0.15) is 6.33 Å². The highest BCUT2D eigenvalue weighted by Crippen LogP contribution is 2.22. The number of nitrogens with one attached hydrogen (secondary N) is 1. The number of piperidine rings is 1. The van der Waals surface area contributed by atoms with Crippen LogP contribution in [0.2, 0.25) is 0 Å². The third-order valence-corrected chi connectivity index (χ3v) is 7.34. The Morgan fingerprint density at radius 2 is 1.79 bits per heavy atom. The van der Waals surface area contributed by atoms with Crippen LogP contribution in [-0.4, -0.2) is 64.0 Å². The number of nitrogens with zero attached hydrogens (tertiary/aromatic N) is 5. The van der Waals surface area contributed by atoms with E-state index in [1.165, 1.54) is 46.5 Å². The molecule has 1 N–H and O–H groups in total. The zero-order valence-corrected chi connectivity index (χ0v) is 19.3. The van der Waals surface area contributed by atoms with Crippen LogP contribution in [0.1, 0.15) is 36.5 Å². The third kappa shape index (κ3) is 5.29. The lowest BCUT2D eigenvalue weighted by atomic mass is 10.2. The number of aromatic nitrogens is 4. The van der Waals surface area contributed by atoms with Crippen molar-refractivity contribution in [2.75, 3.05) is 18.4 Å². The maximum atomic E-state index is 12.8. The number of esters is 1. The number of anilines is 1. The van der Waals surface area contributed by atoms with Crippen molar-refractivity contribution in [2.45, 2.75) is 37.2 Å². The SMILES string of the molecule is C[C@@H](OC(=O)c1cccc(-n2cnnn2)c1)C(=O)Nc1ccc(S(=O)(=O)N2CCCCC2)cc1. The first-order chi connectivity index (χ1) is 16.3. The molecule has 11 nitrogen and oxygen atoms in total. The largest absolute Gasteiger partial charge is 0.449 e. The molecule has 0 radical (unpaired) electrons. The van der Waals surface area contributed by atoms with E-state index in [1.807, 2.05) is 0 Å². The first-order valence-electron chi connectivity index (χ1n) is 10.8. The summed E-state index contributed by atoms with van der Waals surface area (Å²) >= 11 is 0. The highest BCUT2D eigenvalue weighted by Gasteiger charge is 2.26. The van der Waals surface area contributed by atoms with Crippen LogP contribution in [0, 0.1) is 0 Å². The van der Waals surface area contributed by atoms with Gasteiger partial charge in [-0.1, -0.05) is 12.5 Å². The molecule has 0 bridgehead atoms. The van der Waals surface area contributed by atoms with Gasteiger partial charge in [0.05, 0.1) is 16.1 Å². The summed E-state index contributed by atoms with van der Waals surface area (Å²) in [5, 5.41) is 13.5. The van der Waals surface area contributed by atoms with E-state index in [9.17, 15) is 18.0 Å². The molecule has 1 aromatic heterocycles. The molecule has 1 saturated heterocycles. The molecular formula is C22H24N6O5S. The molecule has 1 atom stereocenters. The van der Waals surface area contributed by atoms with Gasteiger partial charge in [-0.25, -0.2) is 17.9 Å². The highest BCUT2D eigenvalue weighted by atomic mass is 32.2. The van der Waals surface area contributed by atoms with E-state index in [-0.39, 0.29) is 10.5 Å². The molecule has 2 aromatic carbocycles. The van der Waals surface area contributed by atoms with E-state index in [4.69, 9.17) is 4.74 Å². The Morgan fingerprint density at radius 1 is 1.06 bits per heavy atom. The van der Waals surface area contributed by atoms with E-state index < -0.39 is 28.0 Å². The van der Waals surface area contributed by atoms with Gasteiger partial charge >= 0.3 is 5.97 Å². The molecule has 12 heteroatoms. The Bertz CT molecular complexity index is 1260. The molecule has 0 unspecified atom stereocenters. The van der Waals surface area contributed by atoms with Crippen LogP contribution >= 0.6 is 0 Å². The molecule has 0 saturated carbocycles. The zero-order valence-electron chi connectivity index (χ0n) is 18.5. The molecule has 0 spiro atoms. The van der Waals surface area contributed by atoms with Gasteiger partial charge in [0.2, 0.25) is 10.0 Å². The zero-order chi connectivity index (χ0) is 24.1. The number of amides is 1. The standard InChI is InChI=1S/C22H24N6O5S/c1-16(33-22(30)17-6-5-7-19(14-17)28-15-23-25-26-28)21(29)24-18-8-10-20(11-9-18)34(31,32)27-12-3-2-4-13-27/h5-11,14-16H,2-4,12-13H2,1H3,(H,24,29)/t16-/m1/s1. The van der Waals surface area contributed by atoms with Crippen LogP contribution in [0.15, 0.2) is 59.8 Å². The Labute approximate surface area is 196 Å². The average molecular weight is 485 g/mol. The number of hydrogen-bond acceptors (Lipinski definition) is 8.